The summed E-state index contributed by atoms with van der Waals surface area (Å²) in [5.74, 6) is -1.49. The molecule has 0 aromatic rings. The van der Waals surface area contributed by atoms with Crippen molar-refractivity contribution in [2.45, 2.75) is 13.0 Å². The van der Waals surface area contributed by atoms with Gasteiger partial charge in [-0.3, -0.25) is 10.2 Å². The number of hydrazine groups is 1. The molecule has 0 aliphatic rings. The Kier molecular flexibility index (Phi) is 12.8. The zero-order valence-electron chi connectivity index (χ0n) is 9.23. The van der Waals surface area contributed by atoms with Crippen molar-refractivity contribution in [3.05, 3.63) is 0 Å². The molecule has 0 bridgehead atoms. The van der Waals surface area contributed by atoms with Gasteiger partial charge in [0, 0.05) is 7.11 Å². The van der Waals surface area contributed by atoms with E-state index < -0.39 is 18.0 Å². The van der Waals surface area contributed by atoms with Crippen molar-refractivity contribution in [2.24, 2.45) is 0 Å². The maximum atomic E-state index is 11.3. The molecule has 0 aromatic carbocycles. The van der Waals surface area contributed by atoms with Crippen LogP contribution in [0, 0.1) is 0 Å². The number of carbonyl (C=O) groups is 2. The molecule has 0 fully saturated rings. The fourth-order valence-corrected chi connectivity index (χ4v) is 0.808. The van der Waals surface area contributed by atoms with Crippen LogP contribution in [0.1, 0.15) is 6.92 Å². The third-order valence-electron chi connectivity index (χ3n) is 1.26. The molecule has 1 unspecified atom stereocenters. The van der Waals surface area contributed by atoms with E-state index in [4.69, 9.17) is 0 Å². The third-order valence-corrected chi connectivity index (χ3v) is 1.47. The maximum Gasteiger partial charge on any atom is 1.00 e. The number of carbonyl (C=O) groups excluding carboxylic acids is 2. The van der Waals surface area contributed by atoms with Gasteiger partial charge in [-0.25, -0.2) is 4.79 Å². The van der Waals surface area contributed by atoms with Gasteiger partial charge in [-0.05, 0) is 11.2 Å². The topological polar surface area (TPSA) is 76.7 Å². The number of hydrogen-bond acceptors (Lipinski definition) is 6. The molecule has 6 nitrogen and oxygen atoms in total. The van der Waals surface area contributed by atoms with Gasteiger partial charge in [-0.2, -0.15) is 0 Å². The van der Waals surface area contributed by atoms with Crippen molar-refractivity contribution in [1.82, 2.24) is 10.9 Å². The summed E-state index contributed by atoms with van der Waals surface area (Å²) in [6.07, 6.45) is -1.33. The summed E-state index contributed by atoms with van der Waals surface area (Å²) in [5.41, 5.74) is 4.33. The van der Waals surface area contributed by atoms with Crippen molar-refractivity contribution >= 4 is 41.0 Å². The molecule has 0 spiro atoms. The third kappa shape index (κ3) is 7.84. The molecule has 1 amide bonds. The molecule has 1 atom stereocenters. The van der Waals surface area contributed by atoms with Crippen LogP contribution < -0.4 is 62.2 Å². The van der Waals surface area contributed by atoms with Gasteiger partial charge >= 0.3 is 57.4 Å². The van der Waals surface area contributed by atoms with Crippen LogP contribution in [0.3, 0.4) is 0 Å². The fraction of sp³-hybridized carbons (Fsp3) is 0.571. The molecule has 0 radical (unpaired) electrons. The average molecular weight is 290 g/mol. The minimum absolute atomic E-state index is 0. The van der Waals surface area contributed by atoms with Crippen LogP contribution in [-0.2, 0) is 31.7 Å². The standard InChI is InChI=1S/C7H12N2O4S2.K/c1-3-13-6(11)4(12-2)5(10)8-9-7(14)15;/h4H,3H2,1-2H3,(H,8,10)(H2,9,14,15);/q;+1/p-1. The van der Waals surface area contributed by atoms with Crippen LogP contribution in [0.25, 0.3) is 0 Å². The average Bonchev–Trinajstić information content (AvgIpc) is 2.16. The van der Waals surface area contributed by atoms with Crippen LogP contribution in [0.15, 0.2) is 0 Å². The van der Waals surface area contributed by atoms with E-state index in [-0.39, 0.29) is 62.3 Å². The van der Waals surface area contributed by atoms with E-state index in [0.29, 0.717) is 0 Å². The van der Waals surface area contributed by atoms with Crippen LogP contribution in [0.2, 0.25) is 0 Å². The molecule has 86 valence electrons. The van der Waals surface area contributed by atoms with E-state index in [1.54, 1.807) is 6.92 Å². The monoisotopic (exact) mass is 290 g/mol. The summed E-state index contributed by atoms with van der Waals surface area (Å²) in [5, 5.41) is 0. The Morgan fingerprint density at radius 3 is 2.38 bits per heavy atom. The van der Waals surface area contributed by atoms with Crippen molar-refractivity contribution < 1.29 is 70.4 Å². The SMILES string of the molecule is CCOC(=O)C(OC)C(=O)NNC(=S)[S-].[K+]. The molecule has 0 aliphatic heterocycles. The molecule has 16 heavy (non-hydrogen) atoms. The largest absolute Gasteiger partial charge is 1.00 e. The summed E-state index contributed by atoms with van der Waals surface area (Å²) in [6.45, 7) is 1.79. The van der Waals surface area contributed by atoms with Crippen LogP contribution in [0.4, 0.5) is 0 Å². The zero-order valence-corrected chi connectivity index (χ0v) is 14.0. The summed E-state index contributed by atoms with van der Waals surface area (Å²) < 4.78 is 9.23. The molecule has 0 aromatic heterocycles. The molecule has 2 N–H and O–H groups in total. The van der Waals surface area contributed by atoms with Crippen molar-refractivity contribution in [1.29, 1.82) is 0 Å². The van der Waals surface area contributed by atoms with E-state index in [9.17, 15) is 9.59 Å². The van der Waals surface area contributed by atoms with Gasteiger partial charge in [-0.1, -0.05) is 0 Å². The first-order valence-electron chi connectivity index (χ1n) is 3.99. The predicted molar refractivity (Wildman–Crippen MR) is 58.7 cm³/mol. The summed E-state index contributed by atoms with van der Waals surface area (Å²) in [6, 6.07) is 0. The summed E-state index contributed by atoms with van der Waals surface area (Å²) in [7, 11) is 1.22. The Labute approximate surface area is 147 Å². The Morgan fingerprint density at radius 2 is 2.00 bits per heavy atom. The normalized spacial score (nSPS) is 10.6. The van der Waals surface area contributed by atoms with Crippen molar-refractivity contribution in [3.63, 3.8) is 0 Å². The Balaban J connectivity index is 0. The van der Waals surface area contributed by atoms with E-state index in [1.807, 2.05) is 0 Å². The first-order valence-corrected chi connectivity index (χ1v) is 4.80. The van der Waals surface area contributed by atoms with Gasteiger partial charge in [0.2, 0.25) is 6.10 Å². The van der Waals surface area contributed by atoms with E-state index in [2.05, 4.69) is 45.2 Å². The van der Waals surface area contributed by atoms with Crippen LogP contribution >= 0.6 is 12.2 Å². The number of rotatable bonds is 4. The molecule has 0 saturated carbocycles. The Bertz CT molecular complexity index is 265. The molecular weight excluding hydrogens is 279 g/mol. The number of amides is 1. The predicted octanol–water partition coefficient (Wildman–Crippen LogP) is -3.98. The quantitative estimate of drug-likeness (QED) is 0.137. The molecule has 0 heterocycles. The second-order valence-electron chi connectivity index (χ2n) is 2.27. The zero-order chi connectivity index (χ0) is 11.8. The molecule has 9 heteroatoms. The number of esters is 1. The number of ether oxygens (including phenoxy) is 2. The van der Waals surface area contributed by atoms with Gasteiger partial charge in [0.1, 0.15) is 0 Å². The van der Waals surface area contributed by atoms with Gasteiger partial charge in [0.15, 0.2) is 0 Å². The second kappa shape index (κ2) is 10.8. The molecule has 0 saturated heterocycles. The smallest absolute Gasteiger partial charge is 0.464 e. The van der Waals surface area contributed by atoms with Crippen molar-refractivity contribution in [3.8, 4) is 0 Å². The van der Waals surface area contributed by atoms with Gasteiger partial charge in [-0.15, -0.1) is 0 Å². The van der Waals surface area contributed by atoms with E-state index >= 15 is 0 Å². The molecule has 0 rings (SSSR count). The number of hydrogen-bond donors (Lipinski definition) is 2. The Morgan fingerprint density at radius 1 is 1.44 bits per heavy atom. The molecule has 0 aliphatic carbocycles. The van der Waals surface area contributed by atoms with E-state index in [0.717, 1.165) is 0 Å². The fourth-order valence-electron chi connectivity index (χ4n) is 0.706. The number of thiocarbonyl (C=S) groups is 1. The van der Waals surface area contributed by atoms with Gasteiger partial charge in [0.05, 0.1) is 6.61 Å². The summed E-state index contributed by atoms with van der Waals surface area (Å²) >= 11 is 8.97. The van der Waals surface area contributed by atoms with Crippen LogP contribution in [0.5, 0.6) is 0 Å². The first kappa shape index (κ1) is 19.0. The van der Waals surface area contributed by atoms with Crippen molar-refractivity contribution in [2.75, 3.05) is 13.7 Å². The number of methoxy groups -OCH3 is 1. The minimum atomic E-state index is -1.33. The first-order chi connectivity index (χ1) is 7.02. The van der Waals surface area contributed by atoms with E-state index in [1.165, 1.54) is 7.11 Å². The number of nitrogens with one attached hydrogen (secondary N) is 2. The minimum Gasteiger partial charge on any atom is -0.464 e. The van der Waals surface area contributed by atoms with Gasteiger partial charge in [0.25, 0.3) is 5.91 Å². The van der Waals surface area contributed by atoms with Gasteiger partial charge < -0.3 is 39.7 Å². The maximum absolute atomic E-state index is 11.3. The Hall–Kier alpha value is 0.646. The van der Waals surface area contributed by atoms with Crippen LogP contribution in [-0.4, -0.2) is 36.0 Å². The summed E-state index contributed by atoms with van der Waals surface area (Å²) in [4.78, 5) is 22.5. The second-order valence-corrected chi connectivity index (χ2v) is 3.34. The molecular formula is C7H11KN2O4S2.